The van der Waals surface area contributed by atoms with Crippen LogP contribution >= 0.6 is 27.7 Å². The van der Waals surface area contributed by atoms with E-state index in [1.54, 1.807) is 30.1 Å². The molecule has 2 heterocycles. The minimum atomic E-state index is -3.16. The van der Waals surface area contributed by atoms with E-state index < -0.39 is 9.84 Å². The van der Waals surface area contributed by atoms with Gasteiger partial charge in [-0.3, -0.25) is 4.57 Å². The lowest BCUT2D eigenvalue weighted by atomic mass is 10.3. The standard InChI is InChI=1S/C11H9BrN2O2S2/c1-18(15,16)7-2-3-8-9(4-7)17-6-11-13-5-10(12)14(8)11/h2-5H,6H2,1H3. The van der Waals surface area contributed by atoms with Gasteiger partial charge in [0.1, 0.15) is 10.4 Å². The molecule has 0 aliphatic carbocycles. The second-order valence-electron chi connectivity index (χ2n) is 4.02. The third-order valence-corrected chi connectivity index (χ3v) is 5.46. The lowest BCUT2D eigenvalue weighted by molar-refractivity contribution is 0.601. The Labute approximate surface area is 117 Å². The van der Waals surface area contributed by atoms with Gasteiger partial charge in [0.15, 0.2) is 9.84 Å². The van der Waals surface area contributed by atoms with Gasteiger partial charge in [0, 0.05) is 11.2 Å². The van der Waals surface area contributed by atoms with Gasteiger partial charge < -0.3 is 0 Å². The maximum atomic E-state index is 11.5. The zero-order valence-electron chi connectivity index (χ0n) is 9.42. The number of thioether (sulfide) groups is 1. The number of aromatic nitrogens is 2. The molecule has 2 aromatic rings. The number of benzene rings is 1. The zero-order chi connectivity index (χ0) is 12.9. The van der Waals surface area contributed by atoms with Crippen LogP contribution in [0.15, 0.2) is 38.8 Å². The molecule has 0 fully saturated rings. The number of sulfone groups is 1. The third-order valence-electron chi connectivity index (χ3n) is 2.75. The molecule has 94 valence electrons. The monoisotopic (exact) mass is 344 g/mol. The summed E-state index contributed by atoms with van der Waals surface area (Å²) in [5.74, 6) is 1.71. The number of hydrogen-bond acceptors (Lipinski definition) is 4. The van der Waals surface area contributed by atoms with Gasteiger partial charge in [-0.2, -0.15) is 0 Å². The van der Waals surface area contributed by atoms with Crippen LogP contribution < -0.4 is 0 Å². The second-order valence-corrected chi connectivity index (χ2v) is 7.87. The fraction of sp³-hybridized carbons (Fsp3) is 0.182. The molecule has 4 nitrogen and oxygen atoms in total. The fourth-order valence-electron chi connectivity index (χ4n) is 1.89. The number of rotatable bonds is 1. The molecule has 0 spiro atoms. The van der Waals surface area contributed by atoms with Gasteiger partial charge in [0.2, 0.25) is 0 Å². The van der Waals surface area contributed by atoms with E-state index >= 15 is 0 Å². The summed E-state index contributed by atoms with van der Waals surface area (Å²) in [6, 6.07) is 5.19. The SMILES string of the molecule is CS(=O)(=O)c1ccc2c(c1)SCc1ncc(Br)n1-2. The fourth-order valence-corrected chi connectivity index (χ4v) is 4.12. The van der Waals surface area contributed by atoms with Crippen LogP contribution in [0.3, 0.4) is 0 Å². The minimum absolute atomic E-state index is 0.355. The number of hydrogen-bond donors (Lipinski definition) is 0. The average molecular weight is 345 g/mol. The third kappa shape index (κ3) is 1.90. The topological polar surface area (TPSA) is 52.0 Å². The first-order chi connectivity index (χ1) is 8.47. The van der Waals surface area contributed by atoms with E-state index in [1.165, 1.54) is 6.26 Å². The predicted molar refractivity (Wildman–Crippen MR) is 73.9 cm³/mol. The molecule has 18 heavy (non-hydrogen) atoms. The number of halogens is 1. The first kappa shape index (κ1) is 12.3. The minimum Gasteiger partial charge on any atom is -0.289 e. The molecule has 1 aromatic carbocycles. The Bertz CT molecular complexity index is 737. The van der Waals surface area contributed by atoms with Crippen molar-refractivity contribution in [2.75, 3.05) is 6.26 Å². The summed E-state index contributed by atoms with van der Waals surface area (Å²) in [6.07, 6.45) is 2.98. The van der Waals surface area contributed by atoms with Crippen LogP contribution in [0.5, 0.6) is 0 Å². The van der Waals surface area contributed by atoms with Gasteiger partial charge in [0.05, 0.1) is 22.5 Å². The van der Waals surface area contributed by atoms with Crippen molar-refractivity contribution in [3.63, 3.8) is 0 Å². The van der Waals surface area contributed by atoms with Crippen LogP contribution in [-0.4, -0.2) is 24.2 Å². The van der Waals surface area contributed by atoms with Gasteiger partial charge in [-0.1, -0.05) is 0 Å². The predicted octanol–water partition coefficient (Wildman–Crippen LogP) is 2.64. The summed E-state index contributed by atoms with van der Waals surface area (Å²) in [7, 11) is -3.16. The van der Waals surface area contributed by atoms with Crippen LogP contribution in [0.1, 0.15) is 5.82 Å². The van der Waals surface area contributed by atoms with Crippen LogP contribution in [0.25, 0.3) is 5.69 Å². The van der Waals surface area contributed by atoms with E-state index in [9.17, 15) is 8.42 Å². The van der Waals surface area contributed by atoms with E-state index in [2.05, 4.69) is 20.9 Å². The normalized spacial score (nSPS) is 14.1. The summed E-state index contributed by atoms with van der Waals surface area (Å²) >= 11 is 5.06. The molecule has 0 radical (unpaired) electrons. The van der Waals surface area contributed by atoms with Crippen molar-refractivity contribution in [3.8, 4) is 5.69 Å². The number of fused-ring (bicyclic) bond motifs is 3. The highest BCUT2D eigenvalue weighted by molar-refractivity contribution is 9.10. The molecule has 0 saturated carbocycles. The largest absolute Gasteiger partial charge is 0.289 e. The van der Waals surface area contributed by atoms with E-state index in [-0.39, 0.29) is 0 Å². The van der Waals surface area contributed by atoms with Crippen LogP contribution in [0, 0.1) is 0 Å². The number of imidazole rings is 1. The number of nitrogens with zero attached hydrogens (tertiary/aromatic N) is 2. The first-order valence-corrected chi connectivity index (χ1v) is 8.83. The molecule has 0 unspecified atom stereocenters. The molecule has 0 atom stereocenters. The van der Waals surface area contributed by atoms with E-state index in [0.29, 0.717) is 4.90 Å². The molecule has 0 bridgehead atoms. The Morgan fingerprint density at radius 1 is 1.44 bits per heavy atom. The summed E-state index contributed by atoms with van der Waals surface area (Å²) in [5.41, 5.74) is 0.970. The quantitative estimate of drug-likeness (QED) is 0.797. The molecule has 0 amide bonds. The highest BCUT2D eigenvalue weighted by Crippen LogP contribution is 2.38. The Kier molecular flexibility index (Phi) is 2.80. The highest BCUT2D eigenvalue weighted by atomic mass is 79.9. The lowest BCUT2D eigenvalue weighted by Crippen LogP contribution is -2.08. The summed E-state index contributed by atoms with van der Waals surface area (Å²) in [6.45, 7) is 0. The molecule has 1 aliphatic heterocycles. The van der Waals surface area contributed by atoms with E-state index in [0.717, 1.165) is 26.8 Å². The van der Waals surface area contributed by atoms with Gasteiger partial charge in [-0.25, -0.2) is 13.4 Å². The van der Waals surface area contributed by atoms with Crippen LogP contribution in [0.2, 0.25) is 0 Å². The van der Waals surface area contributed by atoms with E-state index in [4.69, 9.17) is 0 Å². The molecule has 1 aliphatic rings. The van der Waals surface area contributed by atoms with Crippen molar-refractivity contribution in [1.29, 1.82) is 0 Å². The molecule has 7 heteroatoms. The molecule has 3 rings (SSSR count). The Morgan fingerprint density at radius 2 is 2.22 bits per heavy atom. The first-order valence-electron chi connectivity index (χ1n) is 5.16. The van der Waals surface area contributed by atoms with Crippen molar-refractivity contribution >= 4 is 37.5 Å². The van der Waals surface area contributed by atoms with Crippen molar-refractivity contribution < 1.29 is 8.42 Å². The Balaban J connectivity index is 2.23. The molecule has 0 saturated heterocycles. The summed E-state index contributed by atoms with van der Waals surface area (Å²) in [5, 5.41) is 0. The van der Waals surface area contributed by atoms with Crippen molar-refractivity contribution in [3.05, 3.63) is 34.8 Å². The Hall–Kier alpha value is -0.790. The van der Waals surface area contributed by atoms with E-state index in [1.807, 2.05) is 10.6 Å². The maximum Gasteiger partial charge on any atom is 0.175 e. The molecular weight excluding hydrogens is 336 g/mol. The van der Waals surface area contributed by atoms with Crippen molar-refractivity contribution in [1.82, 2.24) is 9.55 Å². The van der Waals surface area contributed by atoms with Gasteiger partial charge >= 0.3 is 0 Å². The lowest BCUT2D eigenvalue weighted by Gasteiger charge is -2.19. The molecule has 0 N–H and O–H groups in total. The zero-order valence-corrected chi connectivity index (χ0v) is 12.6. The Morgan fingerprint density at radius 3 is 2.94 bits per heavy atom. The summed E-state index contributed by atoms with van der Waals surface area (Å²) in [4.78, 5) is 5.62. The molecular formula is C11H9BrN2O2S2. The smallest absolute Gasteiger partial charge is 0.175 e. The highest BCUT2D eigenvalue weighted by Gasteiger charge is 2.21. The van der Waals surface area contributed by atoms with Crippen molar-refractivity contribution in [2.24, 2.45) is 0 Å². The average Bonchev–Trinajstić information content (AvgIpc) is 2.69. The van der Waals surface area contributed by atoms with Crippen LogP contribution in [-0.2, 0) is 15.6 Å². The van der Waals surface area contributed by atoms with Gasteiger partial charge in [0.25, 0.3) is 0 Å². The molecule has 1 aromatic heterocycles. The maximum absolute atomic E-state index is 11.5. The van der Waals surface area contributed by atoms with Crippen LogP contribution in [0.4, 0.5) is 0 Å². The van der Waals surface area contributed by atoms with Gasteiger partial charge in [-0.05, 0) is 34.1 Å². The van der Waals surface area contributed by atoms with Gasteiger partial charge in [-0.15, -0.1) is 11.8 Å². The van der Waals surface area contributed by atoms with Crippen molar-refractivity contribution in [2.45, 2.75) is 15.5 Å². The summed E-state index contributed by atoms with van der Waals surface area (Å²) < 4.78 is 26.0. The second kappa shape index (κ2) is 4.11.